The number of hydrogen-bond donors (Lipinski definition) is 1. The summed E-state index contributed by atoms with van der Waals surface area (Å²) < 4.78 is 8.70. The fourth-order valence-corrected chi connectivity index (χ4v) is 4.88. The molecule has 5 rings (SSSR count). The van der Waals surface area contributed by atoms with Crippen LogP contribution >= 0.6 is 0 Å². The lowest BCUT2D eigenvalue weighted by molar-refractivity contribution is -0.181. The second-order valence-electron chi connectivity index (χ2n) is 8.62. The van der Waals surface area contributed by atoms with Gasteiger partial charge < -0.3 is 19.3 Å². The van der Waals surface area contributed by atoms with Crippen LogP contribution in [0.4, 0.5) is 0 Å². The van der Waals surface area contributed by atoms with E-state index in [-0.39, 0.29) is 23.7 Å². The second-order valence-corrected chi connectivity index (χ2v) is 8.62. The lowest BCUT2D eigenvalue weighted by Crippen LogP contribution is -2.52. The molecule has 0 radical (unpaired) electrons. The van der Waals surface area contributed by atoms with Crippen LogP contribution in [0.25, 0.3) is 0 Å². The third-order valence-corrected chi connectivity index (χ3v) is 6.56. The maximum Gasteiger partial charge on any atom is 0.270 e. The van der Waals surface area contributed by atoms with Crippen molar-refractivity contribution in [1.29, 1.82) is 0 Å². The van der Waals surface area contributed by atoms with Crippen molar-refractivity contribution in [3.8, 4) is 0 Å². The molecule has 1 aliphatic carbocycles. The van der Waals surface area contributed by atoms with Gasteiger partial charge in [0.15, 0.2) is 0 Å². The molecular weight excluding hydrogens is 352 g/mol. The van der Waals surface area contributed by atoms with Gasteiger partial charge in [-0.2, -0.15) is 0 Å². The van der Waals surface area contributed by atoms with Crippen molar-refractivity contribution in [3.63, 3.8) is 0 Å². The minimum absolute atomic E-state index is 0.0701. The molecule has 0 bridgehead atoms. The Bertz CT molecular complexity index is 835. The zero-order chi connectivity index (χ0) is 19.1. The molecule has 3 aliphatic rings. The van der Waals surface area contributed by atoms with Gasteiger partial charge in [0.05, 0.1) is 17.8 Å². The normalized spacial score (nSPS) is 27.1. The summed E-state index contributed by atoms with van der Waals surface area (Å²) in [5, 5.41) is 10.5. The van der Waals surface area contributed by atoms with E-state index in [1.807, 2.05) is 41.4 Å². The Hall–Kier alpha value is -2.11. The number of hydrogen-bond acceptors (Lipinski definition) is 3. The second kappa shape index (κ2) is 7.05. The molecule has 1 saturated carbocycles. The van der Waals surface area contributed by atoms with E-state index in [0.29, 0.717) is 32.0 Å². The minimum atomic E-state index is -0.353. The van der Waals surface area contributed by atoms with Crippen molar-refractivity contribution < 1.29 is 14.6 Å². The fourth-order valence-electron chi connectivity index (χ4n) is 4.88. The SMILES string of the molecule is O=C(c1cccn1C1CC1)N1CCC2(CC1)C[C@@H](O)C[C@H](c1ccccc1)O2. The summed E-state index contributed by atoms with van der Waals surface area (Å²) in [5.41, 5.74) is 1.61. The summed E-state index contributed by atoms with van der Waals surface area (Å²) in [6, 6.07) is 14.6. The summed E-state index contributed by atoms with van der Waals surface area (Å²) in [4.78, 5) is 15.0. The van der Waals surface area contributed by atoms with Crippen LogP contribution in [0.15, 0.2) is 48.7 Å². The molecule has 148 valence electrons. The molecule has 2 atom stereocenters. The Morgan fingerprint density at radius 1 is 1.07 bits per heavy atom. The standard InChI is InChI=1S/C23H28N2O3/c26-19-15-21(17-5-2-1-3-6-17)28-23(16-19)10-13-24(14-11-23)22(27)20-7-4-12-25(20)18-8-9-18/h1-7,12,18-19,21,26H,8-11,13-16H2/t19-,21+/m0/s1. The van der Waals surface area contributed by atoms with Crippen LogP contribution in [-0.4, -0.2) is 45.3 Å². The smallest absolute Gasteiger partial charge is 0.270 e. The van der Waals surface area contributed by atoms with Crippen LogP contribution in [0.1, 0.15) is 66.7 Å². The molecule has 1 N–H and O–H groups in total. The molecule has 1 spiro atoms. The van der Waals surface area contributed by atoms with Crippen LogP contribution < -0.4 is 0 Å². The van der Waals surface area contributed by atoms with E-state index >= 15 is 0 Å². The maximum absolute atomic E-state index is 13.1. The zero-order valence-corrected chi connectivity index (χ0v) is 16.2. The maximum atomic E-state index is 13.1. The highest BCUT2D eigenvalue weighted by Crippen LogP contribution is 2.43. The molecule has 1 aromatic carbocycles. The van der Waals surface area contributed by atoms with Crippen LogP contribution in [0.3, 0.4) is 0 Å². The lowest BCUT2D eigenvalue weighted by Gasteiger charge is -2.48. The number of amides is 1. The van der Waals surface area contributed by atoms with Crippen LogP contribution in [-0.2, 0) is 4.74 Å². The monoisotopic (exact) mass is 380 g/mol. The fraction of sp³-hybridized carbons (Fsp3) is 0.522. The number of benzene rings is 1. The van der Waals surface area contributed by atoms with Gasteiger partial charge in [-0.3, -0.25) is 4.79 Å². The third-order valence-electron chi connectivity index (χ3n) is 6.56. The van der Waals surface area contributed by atoms with E-state index in [9.17, 15) is 9.90 Å². The predicted molar refractivity (Wildman–Crippen MR) is 106 cm³/mol. The molecule has 2 aliphatic heterocycles. The lowest BCUT2D eigenvalue weighted by atomic mass is 9.81. The summed E-state index contributed by atoms with van der Waals surface area (Å²) in [7, 11) is 0. The zero-order valence-electron chi connectivity index (χ0n) is 16.2. The van der Waals surface area contributed by atoms with Crippen molar-refractivity contribution in [2.24, 2.45) is 0 Å². The first-order chi connectivity index (χ1) is 13.6. The van der Waals surface area contributed by atoms with Crippen molar-refractivity contribution in [2.75, 3.05) is 13.1 Å². The number of aromatic nitrogens is 1. The average Bonchev–Trinajstić information content (AvgIpc) is 3.44. The molecule has 1 aromatic heterocycles. The Morgan fingerprint density at radius 2 is 1.82 bits per heavy atom. The Balaban J connectivity index is 1.28. The Morgan fingerprint density at radius 3 is 2.54 bits per heavy atom. The van der Waals surface area contributed by atoms with Crippen molar-refractivity contribution >= 4 is 5.91 Å². The van der Waals surface area contributed by atoms with E-state index in [0.717, 1.165) is 24.1 Å². The first-order valence-corrected chi connectivity index (χ1v) is 10.5. The Kier molecular flexibility index (Phi) is 4.52. The van der Waals surface area contributed by atoms with Crippen molar-refractivity contribution in [2.45, 2.75) is 62.4 Å². The quantitative estimate of drug-likeness (QED) is 0.883. The number of nitrogens with zero attached hydrogens (tertiary/aromatic N) is 2. The number of piperidine rings is 1. The van der Waals surface area contributed by atoms with Gasteiger partial charge in [0.1, 0.15) is 5.69 Å². The molecule has 2 saturated heterocycles. The van der Waals surface area contributed by atoms with E-state index in [1.165, 1.54) is 12.8 Å². The van der Waals surface area contributed by atoms with E-state index in [2.05, 4.69) is 16.7 Å². The van der Waals surface area contributed by atoms with E-state index in [1.54, 1.807) is 0 Å². The number of rotatable bonds is 3. The van der Waals surface area contributed by atoms with Gasteiger partial charge in [0.25, 0.3) is 5.91 Å². The largest absolute Gasteiger partial charge is 0.393 e. The van der Waals surface area contributed by atoms with Gasteiger partial charge >= 0.3 is 0 Å². The van der Waals surface area contributed by atoms with Crippen molar-refractivity contribution in [3.05, 3.63) is 59.9 Å². The highest BCUT2D eigenvalue weighted by atomic mass is 16.5. The highest BCUT2D eigenvalue weighted by Gasteiger charge is 2.44. The number of carbonyl (C=O) groups excluding carboxylic acids is 1. The summed E-state index contributed by atoms with van der Waals surface area (Å²) in [6.45, 7) is 1.37. The molecule has 3 fully saturated rings. The number of carbonyl (C=O) groups is 1. The van der Waals surface area contributed by atoms with Gasteiger partial charge in [-0.1, -0.05) is 30.3 Å². The first-order valence-electron chi connectivity index (χ1n) is 10.5. The summed E-state index contributed by atoms with van der Waals surface area (Å²) in [6.07, 6.45) is 6.82. The molecule has 28 heavy (non-hydrogen) atoms. The first kappa shape index (κ1) is 18.0. The number of ether oxygens (including phenoxy) is 1. The summed E-state index contributed by atoms with van der Waals surface area (Å²) in [5.74, 6) is 0.128. The Labute approximate surface area is 165 Å². The average molecular weight is 380 g/mol. The minimum Gasteiger partial charge on any atom is -0.393 e. The third kappa shape index (κ3) is 3.38. The van der Waals surface area contributed by atoms with Gasteiger partial charge in [-0.05, 0) is 43.4 Å². The molecule has 3 heterocycles. The van der Waals surface area contributed by atoms with Gasteiger partial charge in [0.2, 0.25) is 0 Å². The molecule has 1 amide bonds. The molecule has 0 unspecified atom stereocenters. The molecular formula is C23H28N2O3. The van der Waals surface area contributed by atoms with Crippen LogP contribution in [0.5, 0.6) is 0 Å². The number of likely N-dealkylation sites (tertiary alicyclic amines) is 1. The number of aliphatic hydroxyl groups is 1. The molecule has 2 aromatic rings. The molecule has 5 heteroatoms. The van der Waals surface area contributed by atoms with Crippen LogP contribution in [0, 0.1) is 0 Å². The summed E-state index contributed by atoms with van der Waals surface area (Å²) >= 11 is 0. The van der Waals surface area contributed by atoms with E-state index < -0.39 is 0 Å². The van der Waals surface area contributed by atoms with Gasteiger partial charge in [0, 0.05) is 38.2 Å². The topological polar surface area (TPSA) is 54.7 Å². The van der Waals surface area contributed by atoms with Crippen LogP contribution in [0.2, 0.25) is 0 Å². The van der Waals surface area contributed by atoms with Gasteiger partial charge in [-0.25, -0.2) is 0 Å². The highest BCUT2D eigenvalue weighted by molar-refractivity contribution is 5.93. The van der Waals surface area contributed by atoms with Gasteiger partial charge in [-0.15, -0.1) is 0 Å². The van der Waals surface area contributed by atoms with E-state index in [4.69, 9.17) is 4.74 Å². The number of aliphatic hydroxyl groups excluding tert-OH is 1. The predicted octanol–water partition coefficient (Wildman–Crippen LogP) is 3.71. The molecule has 5 nitrogen and oxygen atoms in total. The van der Waals surface area contributed by atoms with Crippen molar-refractivity contribution in [1.82, 2.24) is 9.47 Å².